The molecule has 4 rings (SSSR count). The molecule has 0 radical (unpaired) electrons. The number of nitrogens with zero attached hydrogens (tertiary/aromatic N) is 4. The fourth-order valence-corrected chi connectivity index (χ4v) is 4.63. The van der Waals surface area contributed by atoms with E-state index in [2.05, 4.69) is 15.5 Å². The number of aromatic nitrogens is 3. The molecule has 2 aliphatic rings. The first-order chi connectivity index (χ1) is 14.1. The van der Waals surface area contributed by atoms with Crippen LogP contribution in [0.5, 0.6) is 0 Å². The predicted octanol–water partition coefficient (Wildman–Crippen LogP) is 2.96. The summed E-state index contributed by atoms with van der Waals surface area (Å²) in [7, 11) is 0. The zero-order chi connectivity index (χ0) is 20.2. The lowest BCUT2D eigenvalue weighted by atomic mass is 10.0. The van der Waals surface area contributed by atoms with E-state index in [0.29, 0.717) is 18.5 Å². The third kappa shape index (κ3) is 4.66. The zero-order valence-corrected chi connectivity index (χ0v) is 17.0. The normalized spacial score (nSPS) is 22.2. The smallest absolute Gasteiger partial charge is 0.254 e. The van der Waals surface area contributed by atoms with Gasteiger partial charge in [0, 0.05) is 36.3 Å². The van der Waals surface area contributed by atoms with E-state index in [1.807, 2.05) is 36.1 Å². The highest BCUT2D eigenvalue weighted by atomic mass is 16.2. The van der Waals surface area contributed by atoms with Gasteiger partial charge in [0.25, 0.3) is 5.91 Å². The monoisotopic (exact) mass is 395 g/mol. The van der Waals surface area contributed by atoms with E-state index in [0.717, 1.165) is 24.4 Å². The number of hydrogen-bond donors (Lipinski definition) is 1. The lowest BCUT2D eigenvalue weighted by Gasteiger charge is -2.21. The number of benzene rings is 1. The minimum atomic E-state index is 0.00973. The Bertz CT molecular complexity index is 827. The lowest BCUT2D eigenvalue weighted by Crippen LogP contribution is -2.39. The largest absolute Gasteiger partial charge is 0.352 e. The van der Waals surface area contributed by atoms with Gasteiger partial charge in [0.05, 0.1) is 0 Å². The van der Waals surface area contributed by atoms with Crippen LogP contribution in [0.15, 0.2) is 36.9 Å². The zero-order valence-electron chi connectivity index (χ0n) is 17.0. The average Bonchev–Trinajstić information content (AvgIpc) is 3.48. The van der Waals surface area contributed by atoms with E-state index in [4.69, 9.17) is 0 Å². The summed E-state index contributed by atoms with van der Waals surface area (Å²) in [6.45, 7) is 2.62. The number of carbonyl (C=O) groups is 2. The Kier molecular flexibility index (Phi) is 5.92. The summed E-state index contributed by atoms with van der Waals surface area (Å²) in [5.41, 5.74) is 1.57. The van der Waals surface area contributed by atoms with Crippen LogP contribution >= 0.6 is 0 Å². The minimum Gasteiger partial charge on any atom is -0.352 e. The molecule has 2 amide bonds. The Morgan fingerprint density at radius 1 is 1.10 bits per heavy atom. The van der Waals surface area contributed by atoms with E-state index in [1.165, 1.54) is 25.7 Å². The first-order valence-corrected chi connectivity index (χ1v) is 10.7. The second-order valence-electron chi connectivity index (χ2n) is 8.41. The molecule has 0 spiro atoms. The molecule has 29 heavy (non-hydrogen) atoms. The molecule has 1 N–H and O–H groups in total. The molecule has 2 heterocycles. The van der Waals surface area contributed by atoms with Crippen molar-refractivity contribution in [2.45, 2.75) is 64.0 Å². The summed E-state index contributed by atoms with van der Waals surface area (Å²) in [4.78, 5) is 27.2. The molecular weight excluding hydrogens is 366 g/mol. The summed E-state index contributed by atoms with van der Waals surface area (Å²) in [6, 6.07) is 7.59. The van der Waals surface area contributed by atoms with E-state index in [-0.39, 0.29) is 23.9 Å². The number of likely N-dealkylation sites (tertiary alicyclic amines) is 1. The van der Waals surface area contributed by atoms with E-state index < -0.39 is 0 Å². The van der Waals surface area contributed by atoms with E-state index in [1.54, 1.807) is 17.2 Å². The highest BCUT2D eigenvalue weighted by Crippen LogP contribution is 2.28. The molecule has 1 aromatic heterocycles. The number of nitrogens with one attached hydrogen (secondary N) is 1. The summed E-state index contributed by atoms with van der Waals surface area (Å²) < 4.78 is 1.80. The molecule has 0 bridgehead atoms. The van der Waals surface area contributed by atoms with Gasteiger partial charge in [0.2, 0.25) is 5.91 Å². The summed E-state index contributed by atoms with van der Waals surface area (Å²) in [5, 5.41) is 10.7. The van der Waals surface area contributed by atoms with Crippen molar-refractivity contribution < 1.29 is 9.59 Å². The molecule has 1 aliphatic heterocycles. The van der Waals surface area contributed by atoms with Crippen molar-refractivity contribution in [1.29, 1.82) is 0 Å². The maximum absolute atomic E-state index is 13.0. The Morgan fingerprint density at radius 2 is 1.79 bits per heavy atom. The van der Waals surface area contributed by atoms with Crippen LogP contribution in [0.1, 0.15) is 62.2 Å². The second-order valence-corrected chi connectivity index (χ2v) is 8.41. The topological polar surface area (TPSA) is 80.1 Å². The Balaban J connectivity index is 1.30. The van der Waals surface area contributed by atoms with Gasteiger partial charge in [0.15, 0.2) is 0 Å². The molecule has 1 aliphatic carbocycles. The van der Waals surface area contributed by atoms with Gasteiger partial charge in [-0.25, -0.2) is 0 Å². The highest BCUT2D eigenvalue weighted by Gasteiger charge is 2.33. The number of hydrogen-bond acceptors (Lipinski definition) is 4. The van der Waals surface area contributed by atoms with Crippen LogP contribution in [-0.4, -0.2) is 50.1 Å². The van der Waals surface area contributed by atoms with Crippen LogP contribution in [0.3, 0.4) is 0 Å². The Hall–Kier alpha value is -2.70. The lowest BCUT2D eigenvalue weighted by molar-refractivity contribution is -0.122. The van der Waals surface area contributed by atoms with Crippen LogP contribution in [0, 0.1) is 5.92 Å². The van der Waals surface area contributed by atoms with Crippen molar-refractivity contribution in [2.24, 2.45) is 5.92 Å². The third-order valence-electron chi connectivity index (χ3n) is 6.29. The van der Waals surface area contributed by atoms with Crippen molar-refractivity contribution in [1.82, 2.24) is 25.0 Å². The molecule has 7 heteroatoms. The molecular formula is C22H29N5O2. The van der Waals surface area contributed by atoms with E-state index >= 15 is 0 Å². The van der Waals surface area contributed by atoms with Gasteiger partial charge in [-0.15, -0.1) is 10.2 Å². The highest BCUT2D eigenvalue weighted by molar-refractivity contribution is 5.95. The third-order valence-corrected chi connectivity index (χ3v) is 6.29. The van der Waals surface area contributed by atoms with Gasteiger partial charge in [-0.1, -0.05) is 25.7 Å². The Morgan fingerprint density at radius 3 is 2.48 bits per heavy atom. The first kappa shape index (κ1) is 19.6. The molecule has 2 aromatic rings. The first-order valence-electron chi connectivity index (χ1n) is 10.7. The van der Waals surface area contributed by atoms with Crippen molar-refractivity contribution in [3.8, 4) is 5.69 Å². The number of rotatable bonds is 6. The molecule has 7 nitrogen and oxygen atoms in total. The van der Waals surface area contributed by atoms with E-state index in [9.17, 15) is 9.59 Å². The fourth-order valence-electron chi connectivity index (χ4n) is 4.63. The fraction of sp³-hybridized carbons (Fsp3) is 0.545. The Labute approximate surface area is 171 Å². The molecule has 154 valence electrons. The minimum absolute atomic E-state index is 0.00973. The van der Waals surface area contributed by atoms with Gasteiger partial charge < -0.3 is 10.2 Å². The summed E-state index contributed by atoms with van der Waals surface area (Å²) in [6.07, 6.45) is 10.8. The van der Waals surface area contributed by atoms with Crippen LogP contribution in [-0.2, 0) is 4.79 Å². The second kappa shape index (κ2) is 8.76. The average molecular weight is 396 g/mol. The van der Waals surface area contributed by atoms with Crippen molar-refractivity contribution in [3.05, 3.63) is 42.5 Å². The molecule has 1 aromatic carbocycles. The molecule has 1 saturated carbocycles. The number of carbonyl (C=O) groups excluding carboxylic acids is 2. The maximum Gasteiger partial charge on any atom is 0.254 e. The molecule has 2 atom stereocenters. The summed E-state index contributed by atoms with van der Waals surface area (Å²) >= 11 is 0. The van der Waals surface area contributed by atoms with Gasteiger partial charge in [-0.05, 0) is 49.9 Å². The standard InChI is InChI=1S/C22H29N5O2/c1-16-12-19(25-21(28)11-6-17-4-2-3-5-17)13-27(16)22(29)18-7-9-20(10-8-18)26-14-23-24-15-26/h7-10,14-17,19H,2-6,11-13H2,1H3,(H,25,28). The van der Waals surface area contributed by atoms with Gasteiger partial charge in [-0.2, -0.15) is 0 Å². The quantitative estimate of drug-likeness (QED) is 0.815. The van der Waals surface area contributed by atoms with Crippen LogP contribution < -0.4 is 5.32 Å². The predicted molar refractivity (Wildman–Crippen MR) is 110 cm³/mol. The van der Waals surface area contributed by atoms with Crippen molar-refractivity contribution in [3.63, 3.8) is 0 Å². The van der Waals surface area contributed by atoms with Crippen molar-refractivity contribution >= 4 is 11.8 Å². The van der Waals surface area contributed by atoms with Gasteiger partial charge >= 0.3 is 0 Å². The van der Waals surface area contributed by atoms with Crippen molar-refractivity contribution in [2.75, 3.05) is 6.54 Å². The van der Waals surface area contributed by atoms with Crippen LogP contribution in [0.4, 0.5) is 0 Å². The SMILES string of the molecule is CC1CC(NC(=O)CCC2CCCC2)CN1C(=O)c1ccc(-n2cnnc2)cc1. The molecule has 1 saturated heterocycles. The molecule has 2 fully saturated rings. The van der Waals surface area contributed by atoms with Crippen LogP contribution in [0.2, 0.25) is 0 Å². The van der Waals surface area contributed by atoms with Gasteiger partial charge in [0.1, 0.15) is 12.7 Å². The summed E-state index contributed by atoms with van der Waals surface area (Å²) in [5.74, 6) is 0.861. The number of amides is 2. The van der Waals surface area contributed by atoms with Crippen LogP contribution in [0.25, 0.3) is 5.69 Å². The molecule has 2 unspecified atom stereocenters. The maximum atomic E-state index is 13.0. The van der Waals surface area contributed by atoms with Gasteiger partial charge in [-0.3, -0.25) is 14.2 Å².